The highest BCUT2D eigenvalue weighted by atomic mass is 35.5. The Morgan fingerprint density at radius 2 is 2.10 bits per heavy atom. The molecule has 0 spiro atoms. The molecule has 108 valence electrons. The molecule has 1 amide bonds. The van der Waals surface area contributed by atoms with E-state index in [0.717, 1.165) is 12.0 Å². The van der Waals surface area contributed by atoms with Crippen molar-refractivity contribution in [3.05, 3.63) is 27.7 Å². The van der Waals surface area contributed by atoms with Crippen molar-refractivity contribution in [2.24, 2.45) is 0 Å². The maximum Gasteiger partial charge on any atom is 0.251 e. The lowest BCUT2D eigenvalue weighted by molar-refractivity contribution is -0.134. The van der Waals surface area contributed by atoms with E-state index in [1.54, 1.807) is 24.1 Å². The number of aliphatic hydroxyl groups is 1. The van der Waals surface area contributed by atoms with Crippen LogP contribution in [-0.2, 0) is 4.79 Å². The normalized spacial score (nSPS) is 28.9. The SMILES string of the molecule is COc1ccc(Cl)c(Cl)c1[C@H]1C[C@H]2CC(O)C(=O)N2C1. The third kappa shape index (κ3) is 2.07. The zero-order valence-electron chi connectivity index (χ0n) is 11.0. The summed E-state index contributed by atoms with van der Waals surface area (Å²) in [4.78, 5) is 13.6. The van der Waals surface area contributed by atoms with Gasteiger partial charge in [0.05, 0.1) is 17.2 Å². The Kier molecular flexibility index (Phi) is 3.56. The van der Waals surface area contributed by atoms with Crippen LogP contribution in [0.5, 0.6) is 5.75 Å². The number of carbonyl (C=O) groups excluding carboxylic acids is 1. The van der Waals surface area contributed by atoms with Gasteiger partial charge >= 0.3 is 0 Å². The molecule has 4 nitrogen and oxygen atoms in total. The quantitative estimate of drug-likeness (QED) is 0.912. The smallest absolute Gasteiger partial charge is 0.251 e. The van der Waals surface area contributed by atoms with Crippen LogP contribution in [0.15, 0.2) is 12.1 Å². The summed E-state index contributed by atoms with van der Waals surface area (Å²) in [7, 11) is 1.59. The molecule has 2 aliphatic heterocycles. The number of aliphatic hydroxyl groups excluding tert-OH is 1. The molecule has 3 rings (SSSR count). The summed E-state index contributed by atoms with van der Waals surface area (Å²) in [5.74, 6) is 0.603. The number of benzene rings is 1. The van der Waals surface area contributed by atoms with Crippen LogP contribution in [0.1, 0.15) is 24.3 Å². The highest BCUT2D eigenvalue weighted by Gasteiger charge is 2.46. The molecule has 1 aromatic carbocycles. The number of nitrogens with zero attached hydrogens (tertiary/aromatic N) is 1. The van der Waals surface area contributed by atoms with Crippen LogP contribution in [0.4, 0.5) is 0 Å². The summed E-state index contributed by atoms with van der Waals surface area (Å²) in [6, 6.07) is 3.59. The first kappa shape index (κ1) is 14.0. The molecule has 1 aromatic rings. The predicted octanol–water partition coefficient (Wildman–Crippen LogP) is 2.45. The van der Waals surface area contributed by atoms with Gasteiger partial charge in [0.25, 0.3) is 5.91 Å². The molecule has 0 aromatic heterocycles. The van der Waals surface area contributed by atoms with Crippen LogP contribution in [0.3, 0.4) is 0 Å². The van der Waals surface area contributed by atoms with E-state index < -0.39 is 6.10 Å². The Morgan fingerprint density at radius 1 is 1.35 bits per heavy atom. The van der Waals surface area contributed by atoms with E-state index in [2.05, 4.69) is 0 Å². The molecule has 2 aliphatic rings. The lowest BCUT2D eigenvalue weighted by Crippen LogP contribution is -2.30. The molecule has 2 saturated heterocycles. The molecule has 0 saturated carbocycles. The van der Waals surface area contributed by atoms with E-state index in [-0.39, 0.29) is 17.9 Å². The van der Waals surface area contributed by atoms with Gasteiger partial charge in [-0.3, -0.25) is 4.79 Å². The third-order valence-electron chi connectivity index (χ3n) is 4.20. The van der Waals surface area contributed by atoms with Crippen LogP contribution < -0.4 is 4.74 Å². The first-order valence-corrected chi connectivity index (χ1v) is 7.29. The number of carbonyl (C=O) groups is 1. The molecule has 6 heteroatoms. The van der Waals surface area contributed by atoms with E-state index in [4.69, 9.17) is 27.9 Å². The van der Waals surface area contributed by atoms with Crippen molar-refractivity contribution in [1.29, 1.82) is 0 Å². The van der Waals surface area contributed by atoms with E-state index in [0.29, 0.717) is 28.8 Å². The van der Waals surface area contributed by atoms with Gasteiger partial charge < -0.3 is 14.7 Å². The van der Waals surface area contributed by atoms with E-state index in [9.17, 15) is 9.90 Å². The first-order chi connectivity index (χ1) is 9.52. The predicted molar refractivity (Wildman–Crippen MR) is 76.5 cm³/mol. The van der Waals surface area contributed by atoms with E-state index in [1.807, 2.05) is 0 Å². The van der Waals surface area contributed by atoms with Crippen molar-refractivity contribution in [2.75, 3.05) is 13.7 Å². The van der Waals surface area contributed by atoms with Gasteiger partial charge in [-0.2, -0.15) is 0 Å². The van der Waals surface area contributed by atoms with Gasteiger partial charge in [0, 0.05) is 30.5 Å². The number of rotatable bonds is 2. The number of ether oxygens (including phenoxy) is 1. The summed E-state index contributed by atoms with van der Waals surface area (Å²) in [6.07, 6.45) is 0.424. The van der Waals surface area contributed by atoms with Crippen LogP contribution in [0.2, 0.25) is 10.0 Å². The molecule has 20 heavy (non-hydrogen) atoms. The van der Waals surface area contributed by atoms with Crippen molar-refractivity contribution in [3.63, 3.8) is 0 Å². The molecule has 1 N–H and O–H groups in total. The van der Waals surface area contributed by atoms with Crippen molar-refractivity contribution >= 4 is 29.1 Å². The van der Waals surface area contributed by atoms with Crippen molar-refractivity contribution in [2.45, 2.75) is 30.9 Å². The molecular weight excluding hydrogens is 301 g/mol. The standard InChI is InChI=1S/C14H15Cl2NO3/c1-20-11-3-2-9(15)13(16)12(11)7-4-8-5-10(18)14(19)17(8)6-7/h2-3,7-8,10,18H,4-6H2,1H3/t7-,8-,10?/m0/s1. The Balaban J connectivity index is 1.93. The van der Waals surface area contributed by atoms with Crippen molar-refractivity contribution in [3.8, 4) is 5.75 Å². The second-order valence-corrected chi connectivity index (χ2v) is 6.09. The Morgan fingerprint density at radius 3 is 2.75 bits per heavy atom. The summed E-state index contributed by atoms with van der Waals surface area (Å²) >= 11 is 12.4. The maximum atomic E-state index is 11.9. The topological polar surface area (TPSA) is 49.8 Å². The molecule has 2 heterocycles. The fourth-order valence-electron chi connectivity index (χ4n) is 3.28. The Bertz CT molecular complexity index is 564. The minimum absolute atomic E-state index is 0.0854. The molecule has 1 unspecified atom stereocenters. The fourth-order valence-corrected chi connectivity index (χ4v) is 3.75. The zero-order chi connectivity index (χ0) is 14.4. The van der Waals surface area contributed by atoms with Gasteiger partial charge in [-0.15, -0.1) is 0 Å². The molecule has 0 bridgehead atoms. The molecule has 3 atom stereocenters. The molecule has 0 aliphatic carbocycles. The number of hydrogen-bond donors (Lipinski definition) is 1. The number of amides is 1. The maximum absolute atomic E-state index is 11.9. The number of methoxy groups -OCH3 is 1. The fraction of sp³-hybridized carbons (Fsp3) is 0.500. The Hall–Kier alpha value is -0.970. The molecule has 2 fully saturated rings. The van der Waals surface area contributed by atoms with Gasteiger partial charge in [0.1, 0.15) is 11.9 Å². The van der Waals surface area contributed by atoms with Gasteiger partial charge in [0.2, 0.25) is 0 Å². The average molecular weight is 316 g/mol. The van der Waals surface area contributed by atoms with Crippen LogP contribution in [0.25, 0.3) is 0 Å². The summed E-state index contributed by atoms with van der Waals surface area (Å²) < 4.78 is 5.37. The molecule has 0 radical (unpaired) electrons. The second-order valence-electron chi connectivity index (χ2n) is 5.31. The van der Waals surface area contributed by atoms with Crippen LogP contribution in [0, 0.1) is 0 Å². The number of fused-ring (bicyclic) bond motifs is 1. The first-order valence-electron chi connectivity index (χ1n) is 6.53. The summed E-state index contributed by atoms with van der Waals surface area (Å²) in [5.41, 5.74) is 0.860. The monoisotopic (exact) mass is 315 g/mol. The van der Waals surface area contributed by atoms with Crippen molar-refractivity contribution in [1.82, 2.24) is 4.90 Å². The molecular formula is C14H15Cl2NO3. The number of hydrogen-bond acceptors (Lipinski definition) is 3. The Labute approximate surface area is 127 Å². The highest BCUT2D eigenvalue weighted by molar-refractivity contribution is 6.42. The van der Waals surface area contributed by atoms with Gasteiger partial charge in [-0.05, 0) is 18.6 Å². The van der Waals surface area contributed by atoms with Gasteiger partial charge in [-0.1, -0.05) is 23.2 Å². The largest absolute Gasteiger partial charge is 0.496 e. The lowest BCUT2D eigenvalue weighted by atomic mass is 9.94. The third-order valence-corrected chi connectivity index (χ3v) is 5.02. The van der Waals surface area contributed by atoms with Gasteiger partial charge in [0.15, 0.2) is 0 Å². The van der Waals surface area contributed by atoms with E-state index in [1.165, 1.54) is 0 Å². The second kappa shape index (κ2) is 5.10. The highest BCUT2D eigenvalue weighted by Crippen LogP contribution is 2.45. The number of halogens is 2. The van der Waals surface area contributed by atoms with Crippen LogP contribution >= 0.6 is 23.2 Å². The van der Waals surface area contributed by atoms with Crippen molar-refractivity contribution < 1.29 is 14.6 Å². The summed E-state index contributed by atoms with van der Waals surface area (Å²) in [5, 5.41) is 10.6. The summed E-state index contributed by atoms with van der Waals surface area (Å²) in [6.45, 7) is 0.553. The van der Waals surface area contributed by atoms with Crippen LogP contribution in [-0.4, -0.2) is 41.7 Å². The average Bonchev–Trinajstić information content (AvgIpc) is 2.93. The van der Waals surface area contributed by atoms with E-state index >= 15 is 0 Å². The minimum Gasteiger partial charge on any atom is -0.496 e. The lowest BCUT2D eigenvalue weighted by Gasteiger charge is -2.18. The zero-order valence-corrected chi connectivity index (χ0v) is 12.5. The minimum atomic E-state index is -0.849. The van der Waals surface area contributed by atoms with Gasteiger partial charge in [-0.25, -0.2) is 0 Å².